The molecule has 0 bridgehead atoms. The zero-order valence-electron chi connectivity index (χ0n) is 17.5. The summed E-state index contributed by atoms with van der Waals surface area (Å²) in [5, 5.41) is 3.05. The van der Waals surface area contributed by atoms with Crippen molar-refractivity contribution in [2.24, 2.45) is 0 Å². The van der Waals surface area contributed by atoms with Crippen LogP contribution >= 0.6 is 12.4 Å². The van der Waals surface area contributed by atoms with Crippen LogP contribution in [0.1, 0.15) is 44.9 Å². The van der Waals surface area contributed by atoms with Gasteiger partial charge in [-0.2, -0.15) is 0 Å². The largest absolute Gasteiger partial charge is 0.476 e. The number of amides is 1. The van der Waals surface area contributed by atoms with Gasteiger partial charge in [-0.15, -0.1) is 12.4 Å². The molecule has 0 fully saturated rings. The molecule has 28 heavy (non-hydrogen) atoms. The van der Waals surface area contributed by atoms with Crippen molar-refractivity contribution < 1.29 is 9.53 Å². The number of nitrogens with one attached hydrogen (secondary N) is 1. The van der Waals surface area contributed by atoms with Crippen molar-refractivity contribution in [3.05, 3.63) is 65.7 Å². The lowest BCUT2D eigenvalue weighted by molar-refractivity contribution is -0.128. The number of rotatable bonds is 9. The molecule has 2 aromatic carbocycles. The number of hydrogen-bond donors (Lipinski definition) is 1. The van der Waals surface area contributed by atoms with Crippen LogP contribution in [-0.2, 0) is 4.79 Å². The van der Waals surface area contributed by atoms with Crippen LogP contribution in [0.25, 0.3) is 0 Å². The molecule has 154 valence electrons. The molecule has 1 N–H and O–H groups in total. The molecule has 0 spiro atoms. The van der Waals surface area contributed by atoms with Gasteiger partial charge in [-0.3, -0.25) is 9.69 Å². The highest BCUT2D eigenvalue weighted by Gasteiger charge is 2.23. The lowest BCUT2D eigenvalue weighted by Crippen LogP contribution is -2.43. The molecule has 1 unspecified atom stereocenters. The van der Waals surface area contributed by atoms with Gasteiger partial charge >= 0.3 is 0 Å². The quantitative estimate of drug-likeness (QED) is 0.654. The Morgan fingerprint density at radius 3 is 2.21 bits per heavy atom. The normalized spacial score (nSPS) is 12.0. The molecule has 1 amide bonds. The molecule has 0 saturated heterocycles. The minimum Gasteiger partial charge on any atom is -0.476 e. The Morgan fingerprint density at radius 1 is 1.00 bits per heavy atom. The maximum atomic E-state index is 12.9. The minimum absolute atomic E-state index is 0. The molecule has 0 aliphatic rings. The fourth-order valence-corrected chi connectivity index (χ4v) is 3.24. The first-order valence-corrected chi connectivity index (χ1v) is 9.70. The van der Waals surface area contributed by atoms with Gasteiger partial charge in [-0.25, -0.2) is 0 Å². The number of aryl methyl sites for hydroxylation is 1. The summed E-state index contributed by atoms with van der Waals surface area (Å²) in [6, 6.07) is 18.3. The molecule has 0 aliphatic carbocycles. The zero-order valence-corrected chi connectivity index (χ0v) is 18.3. The summed E-state index contributed by atoms with van der Waals surface area (Å²) in [6.45, 7) is 12.1. The maximum absolute atomic E-state index is 12.9. The van der Waals surface area contributed by atoms with Crippen molar-refractivity contribution in [1.29, 1.82) is 0 Å². The first-order chi connectivity index (χ1) is 12.9. The number of halogens is 1. The monoisotopic (exact) mass is 404 g/mol. The fraction of sp³-hybridized carbons (Fsp3) is 0.435. The van der Waals surface area contributed by atoms with Crippen LogP contribution in [0.4, 0.5) is 0 Å². The Hall–Kier alpha value is -2.04. The summed E-state index contributed by atoms with van der Waals surface area (Å²) in [7, 11) is 0. The number of benzene rings is 2. The second-order valence-electron chi connectivity index (χ2n) is 7.44. The number of carbonyl (C=O) groups is 1. The Bertz CT molecular complexity index is 712. The molecular weight excluding hydrogens is 372 g/mol. The average Bonchev–Trinajstić information content (AvgIpc) is 2.63. The third kappa shape index (κ3) is 7.17. The van der Waals surface area contributed by atoms with Crippen LogP contribution in [0.15, 0.2) is 54.6 Å². The van der Waals surface area contributed by atoms with Gasteiger partial charge in [0.1, 0.15) is 5.75 Å². The van der Waals surface area contributed by atoms with Crippen LogP contribution in [0, 0.1) is 6.92 Å². The summed E-state index contributed by atoms with van der Waals surface area (Å²) in [6.07, 6.45) is -0.667. The van der Waals surface area contributed by atoms with Crippen molar-refractivity contribution >= 4 is 18.3 Å². The van der Waals surface area contributed by atoms with Crippen LogP contribution in [-0.4, -0.2) is 36.0 Å². The molecular formula is C23H33ClN2O2. The molecule has 0 radical (unpaired) electrons. The summed E-state index contributed by atoms with van der Waals surface area (Å²) in [5.74, 6) is 0.583. The third-order valence-corrected chi connectivity index (χ3v) is 4.58. The van der Waals surface area contributed by atoms with Crippen LogP contribution in [0.2, 0.25) is 0 Å². The predicted molar refractivity (Wildman–Crippen MR) is 118 cm³/mol. The van der Waals surface area contributed by atoms with Crippen molar-refractivity contribution in [1.82, 2.24) is 10.2 Å². The summed E-state index contributed by atoms with van der Waals surface area (Å²) < 4.78 is 6.07. The standard InChI is InChI=1S/C23H32N2O2.ClH/c1-17(2)25(18(3)4)15-14-24-23(26)22(20-11-7-6-8-12-20)27-21-13-9-10-19(5)16-21;/h6-13,16-18,22H,14-15H2,1-5H3,(H,24,26);1H. The van der Waals surface area contributed by atoms with Crippen LogP contribution in [0.5, 0.6) is 5.75 Å². The minimum atomic E-state index is -0.667. The molecule has 0 aliphatic heterocycles. The van der Waals surface area contributed by atoms with Crippen molar-refractivity contribution in [3.8, 4) is 5.75 Å². The first-order valence-electron chi connectivity index (χ1n) is 9.70. The Morgan fingerprint density at radius 2 is 1.64 bits per heavy atom. The van der Waals surface area contributed by atoms with E-state index in [4.69, 9.17) is 4.74 Å². The molecule has 1 atom stereocenters. The van der Waals surface area contributed by atoms with Gasteiger partial charge in [-0.05, 0) is 52.3 Å². The van der Waals surface area contributed by atoms with E-state index in [1.54, 1.807) is 0 Å². The van der Waals surface area contributed by atoms with E-state index in [2.05, 4.69) is 37.9 Å². The van der Waals surface area contributed by atoms with E-state index in [1.807, 2.05) is 61.5 Å². The highest BCUT2D eigenvalue weighted by molar-refractivity contribution is 5.85. The number of carbonyl (C=O) groups excluding carboxylic acids is 1. The van der Waals surface area contributed by atoms with Gasteiger partial charge in [0, 0.05) is 30.7 Å². The molecule has 5 heteroatoms. The van der Waals surface area contributed by atoms with E-state index >= 15 is 0 Å². The van der Waals surface area contributed by atoms with Gasteiger partial charge in [0.15, 0.2) is 0 Å². The topological polar surface area (TPSA) is 41.6 Å². The van der Waals surface area contributed by atoms with Crippen molar-refractivity contribution in [2.45, 2.75) is 52.8 Å². The van der Waals surface area contributed by atoms with Gasteiger partial charge < -0.3 is 10.1 Å². The number of nitrogens with zero attached hydrogens (tertiary/aromatic N) is 1. The van der Waals surface area contributed by atoms with Crippen LogP contribution in [0.3, 0.4) is 0 Å². The van der Waals surface area contributed by atoms with E-state index in [0.29, 0.717) is 24.4 Å². The third-order valence-electron chi connectivity index (χ3n) is 4.58. The highest BCUT2D eigenvalue weighted by atomic mass is 35.5. The number of ether oxygens (including phenoxy) is 1. The molecule has 0 heterocycles. The lowest BCUT2D eigenvalue weighted by Gasteiger charge is -2.30. The molecule has 4 nitrogen and oxygen atoms in total. The van der Waals surface area contributed by atoms with Crippen molar-refractivity contribution in [2.75, 3.05) is 13.1 Å². The van der Waals surface area contributed by atoms with E-state index in [9.17, 15) is 4.79 Å². The second kappa shape index (κ2) is 11.7. The highest BCUT2D eigenvalue weighted by Crippen LogP contribution is 2.23. The van der Waals surface area contributed by atoms with E-state index in [0.717, 1.165) is 17.7 Å². The Labute approximate surface area is 175 Å². The maximum Gasteiger partial charge on any atom is 0.265 e. The predicted octanol–water partition coefficient (Wildman–Crippen LogP) is 4.77. The summed E-state index contributed by atoms with van der Waals surface area (Å²) >= 11 is 0. The number of hydrogen-bond acceptors (Lipinski definition) is 3. The Balaban J connectivity index is 0.00000392. The molecule has 0 saturated carbocycles. The van der Waals surface area contributed by atoms with E-state index < -0.39 is 6.10 Å². The van der Waals surface area contributed by atoms with Crippen molar-refractivity contribution in [3.63, 3.8) is 0 Å². The van der Waals surface area contributed by atoms with E-state index in [1.165, 1.54) is 0 Å². The molecule has 2 rings (SSSR count). The summed E-state index contributed by atoms with van der Waals surface area (Å²) in [4.78, 5) is 15.3. The fourth-order valence-electron chi connectivity index (χ4n) is 3.24. The van der Waals surface area contributed by atoms with Gasteiger partial charge in [0.25, 0.3) is 5.91 Å². The van der Waals surface area contributed by atoms with Gasteiger partial charge in [-0.1, -0.05) is 42.5 Å². The second-order valence-corrected chi connectivity index (χ2v) is 7.44. The lowest BCUT2D eigenvalue weighted by atomic mass is 10.1. The van der Waals surface area contributed by atoms with E-state index in [-0.39, 0.29) is 18.3 Å². The summed E-state index contributed by atoms with van der Waals surface area (Å²) in [5.41, 5.74) is 1.95. The zero-order chi connectivity index (χ0) is 19.8. The SMILES string of the molecule is Cc1cccc(OC(C(=O)NCCN(C(C)C)C(C)C)c2ccccc2)c1.Cl. The molecule has 0 aromatic heterocycles. The van der Waals surface area contributed by atoms with Crippen LogP contribution < -0.4 is 10.1 Å². The molecule has 2 aromatic rings. The van der Waals surface area contributed by atoms with Gasteiger partial charge in [0.05, 0.1) is 0 Å². The van der Waals surface area contributed by atoms with Gasteiger partial charge in [0.2, 0.25) is 6.10 Å². The Kier molecular flexibility index (Phi) is 10.0. The average molecular weight is 405 g/mol. The smallest absolute Gasteiger partial charge is 0.265 e. The first kappa shape index (κ1) is 24.0.